The van der Waals surface area contributed by atoms with Crippen molar-refractivity contribution in [2.24, 2.45) is 8.08 Å². The molecular formula is C38H51CoN2O4. The van der Waals surface area contributed by atoms with Gasteiger partial charge in [-0.05, 0) is 0 Å². The van der Waals surface area contributed by atoms with Crippen molar-refractivity contribution in [1.82, 2.24) is 0 Å². The maximum atomic E-state index is 11.8. The summed E-state index contributed by atoms with van der Waals surface area (Å²) in [6, 6.07) is 15.4. The predicted molar refractivity (Wildman–Crippen MR) is 184 cm³/mol. The molecule has 246 valence electrons. The Bertz CT molecular complexity index is 1520. The molecule has 0 aliphatic carbocycles. The van der Waals surface area contributed by atoms with Gasteiger partial charge in [-0.2, -0.15) is 0 Å². The fourth-order valence-electron chi connectivity index (χ4n) is 4.75. The number of carboxylic acids is 1. The summed E-state index contributed by atoms with van der Waals surface area (Å²) in [6.07, 6.45) is 3.15. The van der Waals surface area contributed by atoms with E-state index in [4.69, 9.17) is 8.08 Å². The molecule has 0 amide bonds. The summed E-state index contributed by atoms with van der Waals surface area (Å²) in [5.41, 5.74) is 4.67. The molecule has 3 rings (SSSR count). The number of phenolic OH excluding ortho intramolecular Hbond substituents is 2. The van der Waals surface area contributed by atoms with E-state index in [0.717, 1.165) is 22.3 Å². The molecule has 0 aliphatic rings. The van der Waals surface area contributed by atoms with Gasteiger partial charge in [0.1, 0.15) is 0 Å². The molecule has 0 fully saturated rings. The molecule has 0 aliphatic heterocycles. The van der Waals surface area contributed by atoms with Gasteiger partial charge in [-0.3, -0.25) is 0 Å². The topological polar surface area (TPSA) is 102 Å². The Kier molecular flexibility index (Phi) is 10.5. The maximum absolute atomic E-state index is 11.8. The quantitative estimate of drug-likeness (QED) is 0.223. The van der Waals surface area contributed by atoms with Crippen molar-refractivity contribution in [3.05, 3.63) is 87.5 Å². The van der Waals surface area contributed by atoms with Crippen molar-refractivity contribution in [2.45, 2.75) is 111 Å². The van der Waals surface area contributed by atoms with Gasteiger partial charge >= 0.3 is 275 Å². The van der Waals surface area contributed by atoms with Crippen LogP contribution in [0, 0.1) is 0 Å². The van der Waals surface area contributed by atoms with Crippen LogP contribution in [0.15, 0.2) is 56.6 Å². The summed E-state index contributed by atoms with van der Waals surface area (Å²) < 4.78 is 10.6. The van der Waals surface area contributed by atoms with Crippen molar-refractivity contribution in [1.29, 1.82) is 0 Å². The monoisotopic (exact) mass is 658 g/mol. The number of nitrogens with zero attached hydrogens (tertiary/aromatic N) is 2. The number of carboxylic acid groups (broad SMARTS) is 1. The molecule has 0 spiro atoms. The fourth-order valence-corrected chi connectivity index (χ4v) is 6.38. The van der Waals surface area contributed by atoms with E-state index in [0.29, 0.717) is 21.2 Å². The molecule has 3 aromatic rings. The third-order valence-corrected chi connectivity index (χ3v) is 9.38. The first kappa shape index (κ1) is 36.0. The number of aliphatic carboxylic acids is 1. The van der Waals surface area contributed by atoms with Crippen LogP contribution < -0.4 is 4.50 Å². The van der Waals surface area contributed by atoms with E-state index in [1.54, 1.807) is 18.5 Å². The number of benzene rings is 3. The van der Waals surface area contributed by atoms with Crippen molar-refractivity contribution < 1.29 is 34.2 Å². The van der Waals surface area contributed by atoms with Crippen LogP contribution in [0.5, 0.6) is 11.5 Å². The van der Waals surface area contributed by atoms with E-state index in [9.17, 15) is 20.1 Å². The Hall–Kier alpha value is -3.42. The molecule has 45 heavy (non-hydrogen) atoms. The van der Waals surface area contributed by atoms with Crippen LogP contribution in [0.3, 0.4) is 0 Å². The van der Waals surface area contributed by atoms with E-state index < -0.39 is 20.1 Å². The van der Waals surface area contributed by atoms with Crippen molar-refractivity contribution in [3.8, 4) is 11.5 Å². The number of carbonyl (C=O) groups is 1. The Morgan fingerprint density at radius 1 is 0.667 bits per heavy atom. The second-order valence-corrected chi connectivity index (χ2v) is 17.5. The van der Waals surface area contributed by atoms with E-state index >= 15 is 0 Å². The Morgan fingerprint density at radius 2 is 1.07 bits per heavy atom. The van der Waals surface area contributed by atoms with Crippen LogP contribution >= 0.6 is 0 Å². The van der Waals surface area contributed by atoms with Gasteiger partial charge in [0.25, 0.3) is 0 Å². The second-order valence-electron chi connectivity index (χ2n) is 15.7. The minimum absolute atomic E-state index is 0.159. The Balaban J connectivity index is 2.28. The van der Waals surface area contributed by atoms with Gasteiger partial charge in [0, 0.05) is 0 Å². The van der Waals surface area contributed by atoms with Gasteiger partial charge < -0.3 is 0 Å². The van der Waals surface area contributed by atoms with E-state index in [2.05, 4.69) is 95.2 Å². The zero-order valence-corrected chi connectivity index (χ0v) is 30.0. The molecule has 7 heteroatoms. The van der Waals surface area contributed by atoms with Crippen molar-refractivity contribution in [2.75, 3.05) is 0 Å². The summed E-state index contributed by atoms with van der Waals surface area (Å²) in [7, 11) is 0. The molecule has 0 radical (unpaired) electrons. The van der Waals surface area contributed by atoms with Crippen LogP contribution in [-0.4, -0.2) is 33.7 Å². The average Bonchev–Trinajstić information content (AvgIpc) is 2.87. The zero-order valence-electron chi connectivity index (χ0n) is 29.0. The first-order valence-electron chi connectivity index (χ1n) is 15.3. The summed E-state index contributed by atoms with van der Waals surface area (Å²) in [5.74, 6) is -0.607. The van der Waals surface area contributed by atoms with E-state index in [-0.39, 0.29) is 39.6 Å². The van der Waals surface area contributed by atoms with Crippen LogP contribution in [-0.2, 0) is 47.0 Å². The summed E-state index contributed by atoms with van der Waals surface area (Å²) in [6.45, 7) is 25.2. The molecule has 0 aromatic heterocycles. The standard InChI is InChI=1S/2C15H22NO.C8H7O2.Co/c2*1-14(2,3)11-7-10(9-16)13(17)12(8-11)15(4,5)6;9-8(10)6-7-4-2-1-3-5-7;/h2*7-9,17H,1-6H3;1-4H,6H2,(H,9,10);/q2*-1;;+2. The summed E-state index contributed by atoms with van der Waals surface area (Å²) >= 11 is -1.65. The molecular weight excluding hydrogens is 607 g/mol. The minimum atomic E-state index is -1.65. The zero-order chi connectivity index (χ0) is 34.1. The van der Waals surface area contributed by atoms with Crippen LogP contribution in [0.2, 0.25) is 0 Å². The van der Waals surface area contributed by atoms with Crippen LogP contribution in [0.1, 0.15) is 122 Å². The molecule has 0 bridgehead atoms. The van der Waals surface area contributed by atoms with E-state index in [1.807, 2.05) is 30.3 Å². The molecule has 0 atom stereocenters. The van der Waals surface area contributed by atoms with Crippen molar-refractivity contribution >= 4 is 22.9 Å². The first-order valence-corrected chi connectivity index (χ1v) is 16.7. The number of rotatable bonds is 7. The third kappa shape index (κ3) is 9.07. The van der Waals surface area contributed by atoms with Gasteiger partial charge in [0.05, 0.1) is 0 Å². The third-order valence-electron chi connectivity index (χ3n) is 7.59. The predicted octanol–water partition coefficient (Wildman–Crippen LogP) is 8.23. The van der Waals surface area contributed by atoms with Gasteiger partial charge in [-0.15, -0.1) is 0 Å². The fraction of sp³-hybridized carbons (Fsp3) is 0.447. The van der Waals surface area contributed by atoms with Gasteiger partial charge in [0.15, 0.2) is 0 Å². The number of hydrogen-bond donors (Lipinski definition) is 3. The van der Waals surface area contributed by atoms with Crippen molar-refractivity contribution in [3.63, 3.8) is 0 Å². The van der Waals surface area contributed by atoms with Gasteiger partial charge in [-0.25, -0.2) is 0 Å². The van der Waals surface area contributed by atoms with Gasteiger partial charge in [0.2, 0.25) is 0 Å². The Labute approximate surface area is 274 Å². The average molecular weight is 659 g/mol. The SMILES string of the molecule is CC(C)(C)c1cc(C=[N][Co]([N]=Cc2cc(C(C)(C)C)cc(C(C)(C)C)c2O)[c]2ccccc2CC(=O)O)c(O)c(C(C)(C)C)c1. The summed E-state index contributed by atoms with van der Waals surface area (Å²) in [5, 5.41) is 32.4. The second kappa shape index (κ2) is 13.1. The molecule has 0 unspecified atom stereocenters. The molecule has 6 nitrogen and oxygen atoms in total. The first-order chi connectivity index (χ1) is 20.5. The van der Waals surface area contributed by atoms with Crippen LogP contribution in [0.4, 0.5) is 0 Å². The number of hydrogen-bond acceptors (Lipinski definition) is 5. The van der Waals surface area contributed by atoms with E-state index in [1.165, 1.54) is 0 Å². The Morgan fingerprint density at radius 3 is 1.42 bits per heavy atom. The molecule has 0 heterocycles. The molecule has 3 aromatic carbocycles. The van der Waals surface area contributed by atoms with Gasteiger partial charge in [-0.1, -0.05) is 0 Å². The number of phenols is 2. The summed E-state index contributed by atoms with van der Waals surface area (Å²) in [4.78, 5) is 11.8. The van der Waals surface area contributed by atoms with Crippen LogP contribution in [0.25, 0.3) is 0 Å². The normalized spacial score (nSPS) is 13.6. The molecule has 0 saturated carbocycles. The molecule has 3 N–H and O–H groups in total. The molecule has 0 saturated heterocycles. The number of aromatic hydroxyl groups is 2.